The number of hydrogen-bond acceptors (Lipinski definition) is 5. The molecule has 17 heavy (non-hydrogen) atoms. The topological polar surface area (TPSA) is 41.1 Å². The van der Waals surface area contributed by atoms with Gasteiger partial charge in [-0.05, 0) is 33.1 Å². The van der Waals surface area contributed by atoms with Crippen LogP contribution in [0.5, 0.6) is 0 Å². The van der Waals surface area contributed by atoms with Crippen LogP contribution in [0.25, 0.3) is 0 Å². The highest BCUT2D eigenvalue weighted by Gasteiger charge is 2.25. The molecule has 1 saturated heterocycles. The second kappa shape index (κ2) is 5.78. The van der Waals surface area contributed by atoms with E-state index in [1.165, 1.54) is 30.8 Å². The summed E-state index contributed by atoms with van der Waals surface area (Å²) >= 11 is 1.47. The summed E-state index contributed by atoms with van der Waals surface area (Å²) in [6.45, 7) is 6.70. The molecule has 1 N–H and O–H groups in total. The van der Waals surface area contributed by atoms with Gasteiger partial charge >= 0.3 is 0 Å². The Hall–Kier alpha value is -0.680. The molecular formula is C12H22N4S. The van der Waals surface area contributed by atoms with Crippen LogP contribution in [0, 0.1) is 0 Å². The summed E-state index contributed by atoms with van der Waals surface area (Å²) in [5.41, 5.74) is 3.44. The van der Waals surface area contributed by atoms with E-state index in [1.54, 1.807) is 0 Å². The van der Waals surface area contributed by atoms with Crippen molar-refractivity contribution in [3.8, 4) is 0 Å². The molecule has 0 amide bonds. The van der Waals surface area contributed by atoms with Gasteiger partial charge in [0.25, 0.3) is 0 Å². The summed E-state index contributed by atoms with van der Waals surface area (Å²) in [7, 11) is 0. The van der Waals surface area contributed by atoms with E-state index >= 15 is 0 Å². The smallest absolute Gasteiger partial charge is 0.217 e. The SMILES string of the molecule is CCCc1nsc(NN2C(C)CCCC2C)n1. The minimum absolute atomic E-state index is 0.581. The number of nitrogens with zero attached hydrogens (tertiary/aromatic N) is 3. The van der Waals surface area contributed by atoms with Gasteiger partial charge in [0.05, 0.1) is 0 Å². The summed E-state index contributed by atoms with van der Waals surface area (Å²) < 4.78 is 4.36. The molecule has 2 rings (SSSR count). The van der Waals surface area contributed by atoms with E-state index in [9.17, 15) is 0 Å². The first-order valence-electron chi connectivity index (χ1n) is 6.58. The molecule has 0 saturated carbocycles. The number of aromatic nitrogens is 2. The van der Waals surface area contributed by atoms with Gasteiger partial charge in [0.15, 0.2) is 0 Å². The molecule has 2 unspecified atom stereocenters. The average Bonchev–Trinajstić information content (AvgIpc) is 2.72. The van der Waals surface area contributed by atoms with Gasteiger partial charge in [-0.3, -0.25) is 5.43 Å². The first-order valence-corrected chi connectivity index (χ1v) is 7.35. The van der Waals surface area contributed by atoms with Crippen molar-refractivity contribution in [2.75, 3.05) is 5.43 Å². The molecule has 1 aliphatic rings. The molecule has 0 bridgehead atoms. The standard InChI is InChI=1S/C12H22N4S/c1-4-6-11-13-12(17-15-11)14-16-9(2)7-5-8-10(16)3/h9-10H,4-8H2,1-3H3,(H,13,14,15). The number of piperidine rings is 1. The molecular weight excluding hydrogens is 232 g/mol. The Kier molecular flexibility index (Phi) is 4.34. The molecule has 0 aromatic carbocycles. The predicted molar refractivity (Wildman–Crippen MR) is 72.1 cm³/mol. The Bertz CT molecular complexity index is 342. The molecule has 2 heterocycles. The molecule has 4 nitrogen and oxygen atoms in total. The van der Waals surface area contributed by atoms with Gasteiger partial charge in [0, 0.05) is 30.0 Å². The molecule has 1 aromatic rings. The highest BCUT2D eigenvalue weighted by atomic mass is 32.1. The third-order valence-corrected chi connectivity index (χ3v) is 4.02. The molecule has 2 atom stereocenters. The van der Waals surface area contributed by atoms with Crippen LogP contribution < -0.4 is 5.43 Å². The first kappa shape index (κ1) is 12.8. The molecule has 1 fully saturated rings. The maximum Gasteiger partial charge on any atom is 0.217 e. The van der Waals surface area contributed by atoms with Crippen LogP contribution in [0.3, 0.4) is 0 Å². The largest absolute Gasteiger partial charge is 0.293 e. The van der Waals surface area contributed by atoms with Gasteiger partial charge in [-0.2, -0.15) is 4.37 Å². The third kappa shape index (κ3) is 3.16. The van der Waals surface area contributed by atoms with Gasteiger partial charge in [0.2, 0.25) is 5.13 Å². The Morgan fingerprint density at radius 1 is 1.35 bits per heavy atom. The molecule has 0 aliphatic carbocycles. The highest BCUT2D eigenvalue weighted by Crippen LogP contribution is 2.24. The fourth-order valence-corrected chi connectivity index (χ4v) is 2.99. The second-order valence-corrected chi connectivity index (χ2v) is 5.67. The van der Waals surface area contributed by atoms with Crippen molar-refractivity contribution in [3.05, 3.63) is 5.82 Å². The Morgan fingerprint density at radius 2 is 2.06 bits per heavy atom. The lowest BCUT2D eigenvalue weighted by Gasteiger charge is -2.38. The van der Waals surface area contributed by atoms with Gasteiger partial charge < -0.3 is 0 Å². The van der Waals surface area contributed by atoms with Crippen LogP contribution in [0.2, 0.25) is 0 Å². The average molecular weight is 254 g/mol. The maximum atomic E-state index is 4.52. The Balaban J connectivity index is 1.98. The summed E-state index contributed by atoms with van der Waals surface area (Å²) in [6, 6.07) is 1.16. The van der Waals surface area contributed by atoms with E-state index in [1.807, 2.05) is 0 Å². The maximum absolute atomic E-state index is 4.52. The number of rotatable bonds is 4. The number of hydrazine groups is 1. The zero-order chi connectivity index (χ0) is 12.3. The summed E-state index contributed by atoms with van der Waals surface area (Å²) in [4.78, 5) is 4.52. The van der Waals surface area contributed by atoms with E-state index in [4.69, 9.17) is 0 Å². The first-order chi connectivity index (χ1) is 8.20. The van der Waals surface area contributed by atoms with Crippen LogP contribution in [-0.2, 0) is 6.42 Å². The molecule has 1 aromatic heterocycles. The number of aryl methyl sites for hydroxylation is 1. The summed E-state index contributed by atoms with van der Waals surface area (Å²) in [5, 5.41) is 3.27. The molecule has 5 heteroatoms. The van der Waals surface area contributed by atoms with E-state index in [2.05, 4.69) is 40.6 Å². The Morgan fingerprint density at radius 3 is 2.71 bits per heavy atom. The summed E-state index contributed by atoms with van der Waals surface area (Å²) in [5.74, 6) is 0.970. The quantitative estimate of drug-likeness (QED) is 0.896. The predicted octanol–water partition coefficient (Wildman–Crippen LogP) is 3.08. The van der Waals surface area contributed by atoms with Crippen molar-refractivity contribution in [1.29, 1.82) is 0 Å². The van der Waals surface area contributed by atoms with Crippen molar-refractivity contribution in [1.82, 2.24) is 14.4 Å². The minimum atomic E-state index is 0.581. The van der Waals surface area contributed by atoms with Crippen molar-refractivity contribution >= 4 is 16.7 Å². The lowest BCUT2D eigenvalue weighted by atomic mass is 10.00. The zero-order valence-electron chi connectivity index (χ0n) is 10.9. The Labute approximate surface area is 108 Å². The van der Waals surface area contributed by atoms with Gasteiger partial charge in [-0.1, -0.05) is 13.3 Å². The number of nitrogens with one attached hydrogen (secondary N) is 1. The molecule has 0 spiro atoms. The van der Waals surface area contributed by atoms with E-state index in [0.29, 0.717) is 12.1 Å². The normalized spacial score (nSPS) is 26.1. The highest BCUT2D eigenvalue weighted by molar-refractivity contribution is 7.09. The van der Waals surface area contributed by atoms with Crippen LogP contribution >= 0.6 is 11.5 Å². The molecule has 96 valence electrons. The van der Waals surface area contributed by atoms with Crippen LogP contribution in [-0.4, -0.2) is 26.5 Å². The van der Waals surface area contributed by atoms with Crippen molar-refractivity contribution < 1.29 is 0 Å². The van der Waals surface area contributed by atoms with E-state index < -0.39 is 0 Å². The van der Waals surface area contributed by atoms with Crippen molar-refractivity contribution in [3.63, 3.8) is 0 Å². The number of hydrogen-bond donors (Lipinski definition) is 1. The van der Waals surface area contributed by atoms with Crippen LogP contribution in [0.4, 0.5) is 5.13 Å². The van der Waals surface area contributed by atoms with Crippen LogP contribution in [0.1, 0.15) is 52.3 Å². The molecule has 1 aliphatic heterocycles. The van der Waals surface area contributed by atoms with E-state index in [-0.39, 0.29) is 0 Å². The van der Waals surface area contributed by atoms with Crippen molar-refractivity contribution in [2.45, 2.75) is 65.0 Å². The van der Waals surface area contributed by atoms with Gasteiger partial charge in [0.1, 0.15) is 5.82 Å². The third-order valence-electron chi connectivity index (χ3n) is 3.36. The van der Waals surface area contributed by atoms with Crippen molar-refractivity contribution in [2.24, 2.45) is 0 Å². The van der Waals surface area contributed by atoms with E-state index in [0.717, 1.165) is 23.8 Å². The summed E-state index contributed by atoms with van der Waals surface area (Å²) in [6.07, 6.45) is 5.93. The minimum Gasteiger partial charge on any atom is -0.293 e. The fraction of sp³-hybridized carbons (Fsp3) is 0.833. The zero-order valence-corrected chi connectivity index (χ0v) is 11.8. The fourth-order valence-electron chi connectivity index (χ4n) is 2.38. The monoisotopic (exact) mass is 254 g/mol. The lowest BCUT2D eigenvalue weighted by molar-refractivity contribution is 0.135. The van der Waals surface area contributed by atoms with Gasteiger partial charge in [-0.15, -0.1) is 0 Å². The number of anilines is 1. The van der Waals surface area contributed by atoms with Gasteiger partial charge in [-0.25, -0.2) is 9.99 Å². The molecule has 0 radical (unpaired) electrons. The lowest BCUT2D eigenvalue weighted by Crippen LogP contribution is -2.47. The van der Waals surface area contributed by atoms with Crippen LogP contribution in [0.15, 0.2) is 0 Å². The second-order valence-electron chi connectivity index (χ2n) is 4.91.